The molecule has 0 heterocycles. The fourth-order valence-corrected chi connectivity index (χ4v) is 2.01. The maximum atomic E-state index is 13.5. The molecule has 2 amide bonds. The summed E-state index contributed by atoms with van der Waals surface area (Å²) in [7, 11) is 0. The molecule has 2 aromatic carbocycles. The molecule has 2 rings (SSSR count). The lowest BCUT2D eigenvalue weighted by atomic mass is 10.0. The summed E-state index contributed by atoms with van der Waals surface area (Å²) < 4.78 is 26.6. The second-order valence-electron chi connectivity index (χ2n) is 5.21. The number of carbonyl (C=O) groups is 2. The summed E-state index contributed by atoms with van der Waals surface area (Å²) in [5.74, 6) is -2.86. The number of amides is 2. The molecule has 2 aromatic rings. The van der Waals surface area contributed by atoms with E-state index in [1.54, 1.807) is 0 Å². The van der Waals surface area contributed by atoms with Gasteiger partial charge in [-0.15, -0.1) is 0 Å². The van der Waals surface area contributed by atoms with Gasteiger partial charge in [0, 0.05) is 17.3 Å². The second kappa shape index (κ2) is 7.65. The molecule has 0 aromatic heterocycles. The molecule has 0 aliphatic carbocycles. The Labute approximate surface area is 137 Å². The first-order valence-corrected chi connectivity index (χ1v) is 7.19. The van der Waals surface area contributed by atoms with Crippen molar-refractivity contribution in [2.24, 2.45) is 0 Å². The first-order valence-electron chi connectivity index (χ1n) is 7.19. The lowest BCUT2D eigenvalue weighted by molar-refractivity contribution is -0.136. The molecule has 0 saturated heterocycles. The maximum absolute atomic E-state index is 13.5. The highest BCUT2D eigenvalue weighted by Crippen LogP contribution is 2.29. The molecule has 1 unspecified atom stereocenters. The van der Waals surface area contributed by atoms with Crippen molar-refractivity contribution in [2.75, 3.05) is 11.9 Å². The van der Waals surface area contributed by atoms with Crippen molar-refractivity contribution in [3.63, 3.8) is 0 Å². The van der Waals surface area contributed by atoms with Gasteiger partial charge >= 0.3 is 11.8 Å². The minimum atomic E-state index is -0.953. The molecule has 5 nitrogen and oxygen atoms in total. The third-order valence-corrected chi connectivity index (χ3v) is 3.24. The normalized spacial score (nSPS) is 11.7. The van der Waals surface area contributed by atoms with Crippen LogP contribution in [0, 0.1) is 11.6 Å². The average molecular weight is 334 g/mol. The number of nitrogens with one attached hydrogen (secondary N) is 2. The first kappa shape index (κ1) is 17.6. The number of carbonyl (C=O) groups excluding carboxylic acids is 2. The van der Waals surface area contributed by atoms with Gasteiger partial charge < -0.3 is 15.7 Å². The summed E-state index contributed by atoms with van der Waals surface area (Å²) in [5, 5.41) is 13.6. The van der Waals surface area contributed by atoms with Crippen molar-refractivity contribution >= 4 is 17.5 Å². The molecule has 0 fully saturated rings. The Morgan fingerprint density at radius 2 is 1.67 bits per heavy atom. The third-order valence-electron chi connectivity index (χ3n) is 3.24. The van der Waals surface area contributed by atoms with E-state index < -0.39 is 29.5 Å². The summed E-state index contributed by atoms with van der Waals surface area (Å²) in [6.07, 6.45) is 0. The van der Waals surface area contributed by atoms with Crippen molar-refractivity contribution in [1.82, 2.24) is 5.32 Å². The molecule has 1 atom stereocenters. The van der Waals surface area contributed by atoms with E-state index in [0.717, 1.165) is 6.07 Å². The van der Waals surface area contributed by atoms with E-state index in [2.05, 4.69) is 10.6 Å². The number of aliphatic hydroxyl groups is 1. The zero-order valence-electron chi connectivity index (χ0n) is 12.8. The Balaban J connectivity index is 2.26. The summed E-state index contributed by atoms with van der Waals surface area (Å²) in [6.45, 7) is 1.23. The van der Waals surface area contributed by atoms with Crippen LogP contribution in [0.4, 0.5) is 14.5 Å². The Hall–Kier alpha value is -2.80. The molecular weight excluding hydrogens is 318 g/mol. The van der Waals surface area contributed by atoms with Crippen LogP contribution >= 0.6 is 0 Å². The van der Waals surface area contributed by atoms with Gasteiger partial charge in [0.2, 0.25) is 0 Å². The topological polar surface area (TPSA) is 78.4 Å². The lowest BCUT2D eigenvalue weighted by Crippen LogP contribution is -2.42. The highest BCUT2D eigenvalue weighted by molar-refractivity contribution is 6.40. The Morgan fingerprint density at radius 3 is 2.29 bits per heavy atom. The van der Waals surface area contributed by atoms with Crippen LogP contribution < -0.4 is 10.6 Å². The van der Waals surface area contributed by atoms with Crippen LogP contribution in [-0.4, -0.2) is 29.6 Å². The first-order chi connectivity index (χ1) is 11.4. The van der Waals surface area contributed by atoms with Crippen molar-refractivity contribution < 1.29 is 23.5 Å². The van der Waals surface area contributed by atoms with Gasteiger partial charge in [0.1, 0.15) is 11.6 Å². The standard InChI is InChI=1S/C17H16F2N2O3/c1-10(9-22)20-16(23)17(24)21-15-7-6-13(19)8-14(15)11-2-4-12(18)5-3-11/h2-8,10,22H,9H2,1H3,(H,20,23)(H,21,24). The number of hydrogen-bond donors (Lipinski definition) is 3. The smallest absolute Gasteiger partial charge is 0.313 e. The molecule has 0 radical (unpaired) electrons. The van der Waals surface area contributed by atoms with Crippen molar-refractivity contribution in [3.05, 3.63) is 54.1 Å². The molecule has 7 heteroatoms. The number of halogens is 2. The van der Waals surface area contributed by atoms with Crippen LogP contribution in [-0.2, 0) is 9.59 Å². The van der Waals surface area contributed by atoms with Gasteiger partial charge in [-0.2, -0.15) is 0 Å². The molecular formula is C17H16F2N2O3. The summed E-state index contributed by atoms with van der Waals surface area (Å²) in [6, 6.07) is 8.35. The van der Waals surface area contributed by atoms with E-state index in [9.17, 15) is 18.4 Å². The Kier molecular flexibility index (Phi) is 5.59. The fourth-order valence-electron chi connectivity index (χ4n) is 2.01. The van der Waals surface area contributed by atoms with Gasteiger partial charge in [0.25, 0.3) is 0 Å². The van der Waals surface area contributed by atoms with E-state index in [4.69, 9.17) is 5.11 Å². The van der Waals surface area contributed by atoms with Crippen molar-refractivity contribution in [1.29, 1.82) is 0 Å². The van der Waals surface area contributed by atoms with Gasteiger partial charge in [0.15, 0.2) is 0 Å². The molecule has 0 bridgehead atoms. The summed E-state index contributed by atoms with van der Waals surface area (Å²) in [5.41, 5.74) is 1.00. The van der Waals surface area contributed by atoms with Crippen LogP contribution in [0.5, 0.6) is 0 Å². The van der Waals surface area contributed by atoms with Crippen LogP contribution in [0.25, 0.3) is 11.1 Å². The van der Waals surface area contributed by atoms with E-state index in [1.165, 1.54) is 43.3 Å². The van der Waals surface area contributed by atoms with Crippen LogP contribution in [0.2, 0.25) is 0 Å². The molecule has 0 spiro atoms. The van der Waals surface area contributed by atoms with Crippen LogP contribution in [0.3, 0.4) is 0 Å². The Bertz CT molecular complexity index is 748. The Morgan fingerprint density at radius 1 is 1.04 bits per heavy atom. The number of benzene rings is 2. The third kappa shape index (κ3) is 4.36. The average Bonchev–Trinajstić information content (AvgIpc) is 2.57. The van der Waals surface area contributed by atoms with E-state index in [1.807, 2.05) is 0 Å². The minimum Gasteiger partial charge on any atom is -0.394 e. The predicted octanol–water partition coefficient (Wildman–Crippen LogP) is 2.07. The molecule has 0 aliphatic rings. The highest BCUT2D eigenvalue weighted by Gasteiger charge is 2.18. The molecule has 0 aliphatic heterocycles. The quantitative estimate of drug-likeness (QED) is 0.749. The number of hydrogen-bond acceptors (Lipinski definition) is 3. The van der Waals surface area contributed by atoms with Crippen LogP contribution in [0.15, 0.2) is 42.5 Å². The second-order valence-corrected chi connectivity index (χ2v) is 5.21. The number of aliphatic hydroxyl groups excluding tert-OH is 1. The summed E-state index contributed by atoms with van der Waals surface area (Å²) >= 11 is 0. The van der Waals surface area contributed by atoms with Gasteiger partial charge in [-0.1, -0.05) is 12.1 Å². The largest absolute Gasteiger partial charge is 0.394 e. The maximum Gasteiger partial charge on any atom is 0.313 e. The predicted molar refractivity (Wildman–Crippen MR) is 85.1 cm³/mol. The zero-order valence-corrected chi connectivity index (χ0v) is 12.8. The number of anilines is 1. The van der Waals surface area contributed by atoms with E-state index >= 15 is 0 Å². The summed E-state index contributed by atoms with van der Waals surface area (Å²) in [4.78, 5) is 23.6. The monoisotopic (exact) mass is 334 g/mol. The van der Waals surface area contributed by atoms with Crippen LogP contribution in [0.1, 0.15) is 6.92 Å². The zero-order chi connectivity index (χ0) is 17.7. The van der Waals surface area contributed by atoms with Gasteiger partial charge in [-0.05, 0) is 42.8 Å². The SMILES string of the molecule is CC(CO)NC(=O)C(=O)Nc1ccc(F)cc1-c1ccc(F)cc1. The molecule has 24 heavy (non-hydrogen) atoms. The van der Waals surface area contributed by atoms with E-state index in [-0.39, 0.29) is 12.3 Å². The molecule has 0 saturated carbocycles. The van der Waals surface area contributed by atoms with E-state index in [0.29, 0.717) is 11.1 Å². The minimum absolute atomic E-state index is 0.208. The molecule has 3 N–H and O–H groups in total. The van der Waals surface area contributed by atoms with Crippen molar-refractivity contribution in [2.45, 2.75) is 13.0 Å². The molecule has 126 valence electrons. The fraction of sp³-hybridized carbons (Fsp3) is 0.176. The van der Waals surface area contributed by atoms with Crippen molar-refractivity contribution in [3.8, 4) is 11.1 Å². The van der Waals surface area contributed by atoms with Gasteiger partial charge in [-0.25, -0.2) is 8.78 Å². The number of rotatable bonds is 4. The van der Waals surface area contributed by atoms with Gasteiger partial charge in [-0.3, -0.25) is 9.59 Å². The highest BCUT2D eigenvalue weighted by atomic mass is 19.1. The van der Waals surface area contributed by atoms with Gasteiger partial charge in [0.05, 0.1) is 6.61 Å². The lowest BCUT2D eigenvalue weighted by Gasteiger charge is -2.13.